The summed E-state index contributed by atoms with van der Waals surface area (Å²) in [6.07, 6.45) is 1.66. The molecule has 0 unspecified atom stereocenters. The third kappa shape index (κ3) is 5.22. The molecule has 1 aromatic carbocycles. The van der Waals surface area contributed by atoms with E-state index >= 15 is 0 Å². The first-order chi connectivity index (χ1) is 14.5. The number of hydrogen-bond acceptors (Lipinski definition) is 7. The number of ether oxygens (including phenoxy) is 1. The Labute approximate surface area is 179 Å². The standard InChI is InChI=1S/C19H15F2N5O2S2/c1-2-8-26-16(12-3-5-14(6-4-12)28-18(20)21)24-25-19(26)30-11-15(27)23-17-13(10-22)7-9-29-17/h2-7,9,18H,1,8,11H2,(H,23,27). The second kappa shape index (κ2) is 10.00. The van der Waals surface area contributed by atoms with E-state index in [9.17, 15) is 13.6 Å². The summed E-state index contributed by atoms with van der Waals surface area (Å²) in [7, 11) is 0. The Bertz CT molecular complexity index is 1070. The maximum Gasteiger partial charge on any atom is 0.387 e. The molecule has 1 N–H and O–H groups in total. The van der Waals surface area contributed by atoms with Crippen molar-refractivity contribution in [2.75, 3.05) is 11.1 Å². The molecule has 0 radical (unpaired) electrons. The second-order valence-corrected chi connectivity index (χ2v) is 7.58. The fourth-order valence-electron chi connectivity index (χ4n) is 2.48. The van der Waals surface area contributed by atoms with E-state index in [0.717, 1.165) is 0 Å². The molecule has 154 valence electrons. The number of alkyl halides is 2. The average molecular weight is 447 g/mol. The Morgan fingerprint density at radius 1 is 1.37 bits per heavy atom. The normalized spacial score (nSPS) is 10.6. The van der Waals surface area contributed by atoms with E-state index in [-0.39, 0.29) is 17.4 Å². The molecule has 2 aromatic heterocycles. The number of aromatic nitrogens is 3. The molecule has 0 spiro atoms. The highest BCUT2D eigenvalue weighted by atomic mass is 32.2. The van der Waals surface area contributed by atoms with Crippen LogP contribution in [-0.2, 0) is 11.3 Å². The Morgan fingerprint density at radius 3 is 2.80 bits per heavy atom. The molecule has 30 heavy (non-hydrogen) atoms. The lowest BCUT2D eigenvalue weighted by Gasteiger charge is -2.09. The van der Waals surface area contributed by atoms with E-state index in [0.29, 0.717) is 33.7 Å². The van der Waals surface area contributed by atoms with Crippen LogP contribution in [0.5, 0.6) is 5.75 Å². The van der Waals surface area contributed by atoms with Crippen LogP contribution in [-0.4, -0.2) is 33.0 Å². The Morgan fingerprint density at radius 2 is 2.13 bits per heavy atom. The maximum absolute atomic E-state index is 12.3. The topological polar surface area (TPSA) is 92.8 Å². The van der Waals surface area contributed by atoms with Crippen LogP contribution in [0.4, 0.5) is 13.8 Å². The zero-order valence-corrected chi connectivity index (χ0v) is 17.1. The van der Waals surface area contributed by atoms with Crippen LogP contribution in [0.25, 0.3) is 11.4 Å². The van der Waals surface area contributed by atoms with E-state index in [2.05, 4.69) is 26.8 Å². The third-order valence-corrected chi connectivity index (χ3v) is 5.53. The summed E-state index contributed by atoms with van der Waals surface area (Å²) >= 11 is 2.46. The highest BCUT2D eigenvalue weighted by Gasteiger charge is 2.16. The largest absolute Gasteiger partial charge is 0.435 e. The van der Waals surface area contributed by atoms with Crippen LogP contribution in [0.3, 0.4) is 0 Å². The van der Waals surface area contributed by atoms with Gasteiger partial charge in [0.1, 0.15) is 16.8 Å². The Hall–Kier alpha value is -3.23. The van der Waals surface area contributed by atoms with Gasteiger partial charge in [0.15, 0.2) is 11.0 Å². The first kappa shape index (κ1) is 21.5. The molecule has 7 nitrogen and oxygen atoms in total. The minimum atomic E-state index is -2.90. The van der Waals surface area contributed by atoms with Gasteiger partial charge in [0.05, 0.1) is 11.3 Å². The fourth-order valence-corrected chi connectivity index (χ4v) is 3.98. The quantitative estimate of drug-likeness (QED) is 0.386. The van der Waals surface area contributed by atoms with Crippen LogP contribution in [0.2, 0.25) is 0 Å². The van der Waals surface area contributed by atoms with E-state index in [1.54, 1.807) is 34.2 Å². The summed E-state index contributed by atoms with van der Waals surface area (Å²) in [6.45, 7) is 1.22. The summed E-state index contributed by atoms with van der Waals surface area (Å²) in [5.41, 5.74) is 1.06. The number of thioether (sulfide) groups is 1. The number of nitriles is 1. The zero-order valence-electron chi connectivity index (χ0n) is 15.4. The summed E-state index contributed by atoms with van der Waals surface area (Å²) in [5, 5.41) is 22.7. The first-order valence-electron chi connectivity index (χ1n) is 8.51. The lowest BCUT2D eigenvalue weighted by atomic mass is 10.2. The molecule has 2 heterocycles. The van der Waals surface area contributed by atoms with E-state index in [1.807, 2.05) is 6.07 Å². The molecule has 11 heteroatoms. The molecule has 0 bridgehead atoms. The summed E-state index contributed by atoms with van der Waals surface area (Å²) in [4.78, 5) is 12.2. The molecule has 0 aliphatic carbocycles. The van der Waals surface area contributed by atoms with Gasteiger partial charge in [-0.3, -0.25) is 9.36 Å². The molecule has 3 aromatic rings. The van der Waals surface area contributed by atoms with Crippen molar-refractivity contribution in [1.82, 2.24) is 14.8 Å². The van der Waals surface area contributed by atoms with Crippen LogP contribution >= 0.6 is 23.1 Å². The second-order valence-electron chi connectivity index (χ2n) is 5.72. The molecule has 0 atom stereocenters. The van der Waals surface area contributed by atoms with Gasteiger partial charge in [-0.15, -0.1) is 28.1 Å². The molecule has 0 aliphatic heterocycles. The van der Waals surface area contributed by atoms with Crippen molar-refractivity contribution in [2.45, 2.75) is 18.3 Å². The van der Waals surface area contributed by atoms with E-state index < -0.39 is 6.61 Å². The smallest absolute Gasteiger partial charge is 0.387 e. The monoisotopic (exact) mass is 447 g/mol. The number of nitrogens with one attached hydrogen (secondary N) is 1. The predicted octanol–water partition coefficient (Wildman–Crippen LogP) is 4.40. The predicted molar refractivity (Wildman–Crippen MR) is 111 cm³/mol. The van der Waals surface area contributed by atoms with Crippen LogP contribution in [0.1, 0.15) is 5.56 Å². The van der Waals surface area contributed by atoms with Gasteiger partial charge in [-0.1, -0.05) is 17.8 Å². The number of carbonyl (C=O) groups excluding carboxylic acids is 1. The highest BCUT2D eigenvalue weighted by molar-refractivity contribution is 7.99. The minimum absolute atomic E-state index is 0.0418. The van der Waals surface area contributed by atoms with Gasteiger partial charge < -0.3 is 10.1 Å². The van der Waals surface area contributed by atoms with Crippen molar-refractivity contribution in [3.05, 3.63) is 53.9 Å². The molecule has 0 saturated carbocycles. The van der Waals surface area contributed by atoms with Crippen molar-refractivity contribution >= 4 is 34.0 Å². The van der Waals surface area contributed by atoms with Crippen molar-refractivity contribution in [3.8, 4) is 23.2 Å². The lowest BCUT2D eigenvalue weighted by molar-refractivity contribution is -0.113. The number of hydrogen-bond donors (Lipinski definition) is 1. The van der Waals surface area contributed by atoms with Crippen LogP contribution in [0, 0.1) is 11.3 Å². The molecule has 1 amide bonds. The number of benzene rings is 1. The zero-order chi connectivity index (χ0) is 21.5. The summed E-state index contributed by atoms with van der Waals surface area (Å²) in [6, 6.07) is 9.69. The van der Waals surface area contributed by atoms with E-state index in [1.165, 1.54) is 35.2 Å². The van der Waals surface area contributed by atoms with Crippen molar-refractivity contribution in [3.63, 3.8) is 0 Å². The molecular weight excluding hydrogens is 432 g/mol. The summed E-state index contributed by atoms with van der Waals surface area (Å²) in [5.74, 6) is 0.341. The molecule has 0 aliphatic rings. The molecule has 0 saturated heterocycles. The molecular formula is C19H15F2N5O2S2. The number of thiophene rings is 1. The fraction of sp³-hybridized carbons (Fsp3) is 0.158. The lowest BCUT2D eigenvalue weighted by Crippen LogP contribution is -2.14. The highest BCUT2D eigenvalue weighted by Crippen LogP contribution is 2.27. The first-order valence-corrected chi connectivity index (χ1v) is 10.4. The van der Waals surface area contributed by atoms with E-state index in [4.69, 9.17) is 5.26 Å². The van der Waals surface area contributed by atoms with Crippen molar-refractivity contribution in [2.24, 2.45) is 0 Å². The van der Waals surface area contributed by atoms with Crippen LogP contribution < -0.4 is 10.1 Å². The molecule has 3 rings (SSSR count). The number of nitrogens with zero attached hydrogens (tertiary/aromatic N) is 4. The Kier molecular flexibility index (Phi) is 7.16. The van der Waals surface area contributed by atoms with Gasteiger partial charge in [0, 0.05) is 12.1 Å². The Balaban J connectivity index is 1.72. The number of rotatable bonds is 9. The third-order valence-electron chi connectivity index (χ3n) is 3.74. The van der Waals surface area contributed by atoms with Gasteiger partial charge in [0.2, 0.25) is 5.91 Å². The number of carbonyl (C=O) groups is 1. The maximum atomic E-state index is 12.3. The van der Waals surface area contributed by atoms with Gasteiger partial charge in [-0.05, 0) is 35.7 Å². The van der Waals surface area contributed by atoms with Gasteiger partial charge in [0.25, 0.3) is 0 Å². The number of amides is 1. The summed E-state index contributed by atoms with van der Waals surface area (Å²) < 4.78 is 30.7. The van der Waals surface area contributed by atoms with Gasteiger partial charge in [-0.25, -0.2) is 0 Å². The van der Waals surface area contributed by atoms with Crippen molar-refractivity contribution in [1.29, 1.82) is 5.26 Å². The SMILES string of the molecule is C=CCn1c(SCC(=O)Nc2sccc2C#N)nnc1-c1ccc(OC(F)F)cc1. The average Bonchev–Trinajstić information content (AvgIpc) is 3.33. The number of halogens is 2. The number of allylic oxidation sites excluding steroid dienone is 1. The molecule has 0 fully saturated rings. The minimum Gasteiger partial charge on any atom is -0.435 e. The van der Waals surface area contributed by atoms with Crippen molar-refractivity contribution < 1.29 is 18.3 Å². The van der Waals surface area contributed by atoms with Gasteiger partial charge >= 0.3 is 6.61 Å². The van der Waals surface area contributed by atoms with Crippen LogP contribution in [0.15, 0.2) is 53.5 Å². The number of anilines is 1. The van der Waals surface area contributed by atoms with Gasteiger partial charge in [-0.2, -0.15) is 14.0 Å².